The summed E-state index contributed by atoms with van der Waals surface area (Å²) in [7, 11) is 0. The van der Waals surface area contributed by atoms with Gasteiger partial charge in [-0.3, -0.25) is 0 Å². The predicted octanol–water partition coefficient (Wildman–Crippen LogP) is 3.33. The van der Waals surface area contributed by atoms with Gasteiger partial charge in [0.15, 0.2) is 0 Å². The maximum Gasteiger partial charge on any atom is 0.317 e. The summed E-state index contributed by atoms with van der Waals surface area (Å²) >= 11 is 1.63. The number of rotatable bonds is 6. The third kappa shape index (κ3) is 4.79. The highest BCUT2D eigenvalue weighted by molar-refractivity contribution is 7.11. The van der Waals surface area contributed by atoms with Crippen molar-refractivity contribution < 1.29 is 9.90 Å². The van der Waals surface area contributed by atoms with E-state index in [0.717, 1.165) is 26.7 Å². The highest BCUT2D eigenvalue weighted by Gasteiger charge is 2.17. The molecular weight excluding hydrogens is 322 g/mol. The van der Waals surface area contributed by atoms with Crippen LogP contribution in [-0.4, -0.2) is 34.1 Å². The zero-order valence-electron chi connectivity index (χ0n) is 14.7. The van der Waals surface area contributed by atoms with Crippen LogP contribution in [0.2, 0.25) is 0 Å². The van der Waals surface area contributed by atoms with Crippen LogP contribution < -0.4 is 5.32 Å². The normalized spacial score (nSPS) is 12.0. The lowest BCUT2D eigenvalue weighted by molar-refractivity contribution is 0.123. The summed E-state index contributed by atoms with van der Waals surface area (Å²) in [6, 6.07) is 7.53. The van der Waals surface area contributed by atoms with Crippen molar-refractivity contribution in [1.29, 1.82) is 0 Å². The molecule has 2 N–H and O–H groups in total. The summed E-state index contributed by atoms with van der Waals surface area (Å²) in [5, 5.41) is 14.3. The van der Waals surface area contributed by atoms with Crippen LogP contribution in [0.4, 0.5) is 4.79 Å². The van der Waals surface area contributed by atoms with Crippen molar-refractivity contribution in [2.75, 3.05) is 13.1 Å². The van der Waals surface area contributed by atoms with Crippen molar-refractivity contribution in [3.63, 3.8) is 0 Å². The van der Waals surface area contributed by atoms with E-state index in [0.29, 0.717) is 13.1 Å². The van der Waals surface area contributed by atoms with Gasteiger partial charge in [-0.05, 0) is 33.3 Å². The minimum atomic E-state index is -0.695. The number of aliphatic hydroxyl groups is 1. The van der Waals surface area contributed by atoms with Crippen LogP contribution in [0.5, 0.6) is 0 Å². The van der Waals surface area contributed by atoms with Gasteiger partial charge in [-0.25, -0.2) is 9.78 Å². The standard InChI is InChI=1S/C18H25N3O2S/c1-5-21(11-17(22)15-8-6-12(2)7-9-15)18(23)19-10-16-13(3)24-14(4)20-16/h6-9,17,22H,5,10-11H2,1-4H3,(H,19,23). The minimum absolute atomic E-state index is 0.186. The molecule has 1 unspecified atom stereocenters. The van der Waals surface area contributed by atoms with Crippen LogP contribution in [0.25, 0.3) is 0 Å². The molecule has 2 amide bonds. The summed E-state index contributed by atoms with van der Waals surface area (Å²) < 4.78 is 0. The number of benzene rings is 1. The van der Waals surface area contributed by atoms with Gasteiger partial charge in [0.05, 0.1) is 29.9 Å². The lowest BCUT2D eigenvalue weighted by Gasteiger charge is -2.24. The van der Waals surface area contributed by atoms with Crippen LogP contribution in [0.1, 0.15) is 39.7 Å². The highest BCUT2D eigenvalue weighted by Crippen LogP contribution is 2.17. The first kappa shape index (κ1) is 18.4. The fraction of sp³-hybridized carbons (Fsp3) is 0.444. The largest absolute Gasteiger partial charge is 0.387 e. The summed E-state index contributed by atoms with van der Waals surface area (Å²) in [5.41, 5.74) is 2.86. The zero-order valence-corrected chi connectivity index (χ0v) is 15.5. The Hall–Kier alpha value is -1.92. The Kier molecular flexibility index (Phi) is 6.34. The van der Waals surface area contributed by atoms with E-state index in [4.69, 9.17) is 0 Å². The fourth-order valence-corrected chi connectivity index (χ4v) is 3.30. The maximum atomic E-state index is 12.4. The number of carbonyl (C=O) groups is 1. The van der Waals surface area contributed by atoms with Gasteiger partial charge in [0.1, 0.15) is 0 Å². The number of thiazole rings is 1. The van der Waals surface area contributed by atoms with E-state index in [1.165, 1.54) is 0 Å². The number of aliphatic hydroxyl groups excluding tert-OH is 1. The molecule has 130 valence electrons. The summed E-state index contributed by atoms with van der Waals surface area (Å²) in [5.74, 6) is 0. The third-order valence-electron chi connectivity index (χ3n) is 3.93. The van der Waals surface area contributed by atoms with Gasteiger partial charge in [-0.2, -0.15) is 0 Å². The number of aromatic nitrogens is 1. The number of nitrogens with one attached hydrogen (secondary N) is 1. The summed E-state index contributed by atoms with van der Waals surface area (Å²) in [6.45, 7) is 9.07. The molecule has 1 aromatic heterocycles. The number of aryl methyl sites for hydroxylation is 3. The molecule has 0 bridgehead atoms. The van der Waals surface area contributed by atoms with Crippen LogP contribution >= 0.6 is 11.3 Å². The molecule has 1 atom stereocenters. The average Bonchev–Trinajstić information content (AvgIpc) is 2.88. The molecule has 0 radical (unpaired) electrons. The van der Waals surface area contributed by atoms with Crippen LogP contribution in [0.3, 0.4) is 0 Å². The van der Waals surface area contributed by atoms with Crippen LogP contribution in [-0.2, 0) is 6.54 Å². The van der Waals surface area contributed by atoms with E-state index < -0.39 is 6.10 Å². The number of hydrogen-bond acceptors (Lipinski definition) is 4. The Balaban J connectivity index is 1.93. The number of likely N-dealkylation sites (N-methyl/N-ethyl adjacent to an activating group) is 1. The smallest absolute Gasteiger partial charge is 0.317 e. The Morgan fingerprint density at radius 1 is 1.29 bits per heavy atom. The van der Waals surface area contributed by atoms with Crippen molar-refractivity contribution in [3.05, 3.63) is 51.0 Å². The lowest BCUT2D eigenvalue weighted by atomic mass is 10.1. The molecule has 1 heterocycles. The van der Waals surface area contributed by atoms with Crippen molar-refractivity contribution in [1.82, 2.24) is 15.2 Å². The monoisotopic (exact) mass is 347 g/mol. The van der Waals surface area contributed by atoms with Crippen molar-refractivity contribution in [2.24, 2.45) is 0 Å². The summed E-state index contributed by atoms with van der Waals surface area (Å²) in [4.78, 5) is 19.5. The van der Waals surface area contributed by atoms with Gasteiger partial charge in [-0.15, -0.1) is 11.3 Å². The van der Waals surface area contributed by atoms with Gasteiger partial charge < -0.3 is 15.3 Å². The molecule has 0 saturated heterocycles. The number of urea groups is 1. The minimum Gasteiger partial charge on any atom is -0.387 e. The van der Waals surface area contributed by atoms with Gasteiger partial charge >= 0.3 is 6.03 Å². The molecule has 0 aliphatic carbocycles. The Bertz CT molecular complexity index is 682. The molecule has 0 aliphatic heterocycles. The topological polar surface area (TPSA) is 65.5 Å². The van der Waals surface area contributed by atoms with Gasteiger partial charge in [0.25, 0.3) is 0 Å². The molecular formula is C18H25N3O2S. The van der Waals surface area contributed by atoms with Gasteiger partial charge in [0.2, 0.25) is 0 Å². The molecule has 0 spiro atoms. The van der Waals surface area contributed by atoms with Crippen LogP contribution in [0.15, 0.2) is 24.3 Å². The van der Waals surface area contributed by atoms with Crippen molar-refractivity contribution in [3.8, 4) is 0 Å². The number of carbonyl (C=O) groups excluding carboxylic acids is 1. The molecule has 0 saturated carbocycles. The quantitative estimate of drug-likeness (QED) is 0.842. The average molecular weight is 347 g/mol. The number of nitrogens with zero attached hydrogens (tertiary/aromatic N) is 2. The molecule has 2 aromatic rings. The second-order valence-corrected chi connectivity index (χ2v) is 7.27. The lowest BCUT2D eigenvalue weighted by Crippen LogP contribution is -2.41. The van der Waals surface area contributed by atoms with Crippen molar-refractivity contribution >= 4 is 17.4 Å². The second-order valence-electron chi connectivity index (χ2n) is 5.86. The first-order chi connectivity index (χ1) is 11.4. The first-order valence-electron chi connectivity index (χ1n) is 8.11. The van der Waals surface area contributed by atoms with E-state index >= 15 is 0 Å². The van der Waals surface area contributed by atoms with Gasteiger partial charge in [-0.1, -0.05) is 29.8 Å². The van der Waals surface area contributed by atoms with E-state index in [9.17, 15) is 9.90 Å². The summed E-state index contributed by atoms with van der Waals surface area (Å²) in [6.07, 6.45) is -0.695. The Labute approximate surface area is 147 Å². The zero-order chi connectivity index (χ0) is 17.7. The van der Waals surface area contributed by atoms with E-state index in [2.05, 4.69) is 10.3 Å². The molecule has 0 fully saturated rings. The third-order valence-corrected chi connectivity index (χ3v) is 4.86. The predicted molar refractivity (Wildman–Crippen MR) is 97.2 cm³/mol. The SMILES string of the molecule is CCN(CC(O)c1ccc(C)cc1)C(=O)NCc1nc(C)sc1C. The molecule has 6 heteroatoms. The molecule has 24 heavy (non-hydrogen) atoms. The highest BCUT2D eigenvalue weighted by atomic mass is 32.1. The second kappa shape index (κ2) is 8.26. The fourth-order valence-electron chi connectivity index (χ4n) is 2.47. The van der Waals surface area contributed by atoms with Crippen LogP contribution in [0, 0.1) is 20.8 Å². The van der Waals surface area contributed by atoms with Crippen molar-refractivity contribution in [2.45, 2.75) is 40.3 Å². The molecule has 5 nitrogen and oxygen atoms in total. The first-order valence-corrected chi connectivity index (χ1v) is 8.92. The molecule has 2 rings (SSSR count). The van der Waals surface area contributed by atoms with E-state index in [-0.39, 0.29) is 12.6 Å². The molecule has 1 aromatic carbocycles. The molecule has 0 aliphatic rings. The Morgan fingerprint density at radius 2 is 1.96 bits per heavy atom. The maximum absolute atomic E-state index is 12.4. The number of hydrogen-bond donors (Lipinski definition) is 2. The van der Waals surface area contributed by atoms with Gasteiger partial charge in [0, 0.05) is 11.4 Å². The number of amides is 2. The van der Waals surface area contributed by atoms with E-state index in [1.807, 2.05) is 52.0 Å². The Morgan fingerprint density at radius 3 is 2.50 bits per heavy atom. The van der Waals surface area contributed by atoms with E-state index in [1.54, 1.807) is 16.2 Å².